The van der Waals surface area contributed by atoms with Gasteiger partial charge in [0.15, 0.2) is 0 Å². The van der Waals surface area contributed by atoms with Crippen LogP contribution >= 0.6 is 0 Å². The first kappa shape index (κ1) is 17.1. The smallest absolute Gasteiger partial charge is 0.251 e. The van der Waals surface area contributed by atoms with Crippen molar-refractivity contribution in [1.82, 2.24) is 24.8 Å². The summed E-state index contributed by atoms with van der Waals surface area (Å²) in [5.41, 5.74) is 1.57. The van der Waals surface area contributed by atoms with Gasteiger partial charge in [-0.05, 0) is 25.8 Å². The minimum atomic E-state index is -0.226. The number of hydrogen-bond acceptors (Lipinski definition) is 7. The topological polar surface area (TPSA) is 87.2 Å². The van der Waals surface area contributed by atoms with Gasteiger partial charge in [0, 0.05) is 50.7 Å². The first-order chi connectivity index (χ1) is 12.7. The summed E-state index contributed by atoms with van der Waals surface area (Å²) in [5.74, 6) is 1.43. The SMILES string of the molecule is Cc1cc(=O)[nH]c([C@H]2CN(Cc3ccnc(N4CCCC4)n3)CCO2)n1. The van der Waals surface area contributed by atoms with E-state index in [2.05, 4.69) is 24.8 Å². The Bertz CT molecular complexity index is 817. The van der Waals surface area contributed by atoms with Crippen LogP contribution in [0.25, 0.3) is 0 Å². The fraction of sp³-hybridized carbons (Fsp3) is 0.556. The van der Waals surface area contributed by atoms with Gasteiger partial charge in [-0.3, -0.25) is 9.69 Å². The maximum Gasteiger partial charge on any atom is 0.251 e. The lowest BCUT2D eigenvalue weighted by atomic mass is 10.2. The molecule has 8 nitrogen and oxygen atoms in total. The summed E-state index contributed by atoms with van der Waals surface area (Å²) in [6.45, 7) is 6.74. The lowest BCUT2D eigenvalue weighted by Gasteiger charge is -2.32. The molecule has 0 unspecified atom stereocenters. The van der Waals surface area contributed by atoms with Gasteiger partial charge in [-0.15, -0.1) is 0 Å². The Hall–Kier alpha value is -2.32. The number of ether oxygens (including phenoxy) is 1. The standard InChI is InChI=1S/C18H24N6O2/c1-13-10-16(25)22-17(20-13)15-12-23(8-9-26-15)11-14-4-5-19-18(21-14)24-6-2-3-7-24/h4-5,10,15H,2-3,6-9,11-12H2,1H3,(H,20,22,25)/t15-/m1/s1. The average molecular weight is 356 g/mol. The van der Waals surface area contributed by atoms with Gasteiger partial charge in [0.05, 0.1) is 12.3 Å². The number of anilines is 1. The van der Waals surface area contributed by atoms with Crippen molar-refractivity contribution in [1.29, 1.82) is 0 Å². The Kier molecular flexibility index (Phi) is 4.94. The number of nitrogens with zero attached hydrogens (tertiary/aromatic N) is 5. The summed E-state index contributed by atoms with van der Waals surface area (Å²) in [6, 6.07) is 3.46. The van der Waals surface area contributed by atoms with Gasteiger partial charge in [0.1, 0.15) is 11.9 Å². The maximum atomic E-state index is 11.7. The number of morpholine rings is 1. The summed E-state index contributed by atoms with van der Waals surface area (Å²) < 4.78 is 5.83. The zero-order valence-corrected chi connectivity index (χ0v) is 15.0. The minimum Gasteiger partial charge on any atom is -0.368 e. The number of aromatic amines is 1. The number of aryl methyl sites for hydroxylation is 1. The first-order valence-corrected chi connectivity index (χ1v) is 9.16. The van der Waals surface area contributed by atoms with Gasteiger partial charge in [-0.1, -0.05) is 0 Å². The number of hydrogen-bond donors (Lipinski definition) is 1. The van der Waals surface area contributed by atoms with Crippen molar-refractivity contribution in [3.05, 3.63) is 45.9 Å². The molecule has 4 rings (SSSR count). The molecule has 0 aliphatic carbocycles. The van der Waals surface area contributed by atoms with Crippen molar-refractivity contribution in [3.8, 4) is 0 Å². The van der Waals surface area contributed by atoms with Crippen LogP contribution in [0.2, 0.25) is 0 Å². The third-order valence-electron chi connectivity index (χ3n) is 4.82. The predicted octanol–water partition coefficient (Wildman–Crippen LogP) is 1.04. The van der Waals surface area contributed by atoms with Crippen molar-refractivity contribution in [3.63, 3.8) is 0 Å². The van der Waals surface area contributed by atoms with Gasteiger partial charge >= 0.3 is 0 Å². The van der Waals surface area contributed by atoms with E-state index in [9.17, 15) is 4.79 Å². The summed E-state index contributed by atoms with van der Waals surface area (Å²) in [7, 11) is 0. The highest BCUT2D eigenvalue weighted by atomic mass is 16.5. The van der Waals surface area contributed by atoms with E-state index in [1.54, 1.807) is 0 Å². The zero-order valence-electron chi connectivity index (χ0n) is 15.0. The predicted molar refractivity (Wildman–Crippen MR) is 97.0 cm³/mol. The Balaban J connectivity index is 1.45. The van der Waals surface area contributed by atoms with E-state index >= 15 is 0 Å². The van der Waals surface area contributed by atoms with E-state index in [1.807, 2.05) is 19.2 Å². The molecule has 2 fully saturated rings. The monoisotopic (exact) mass is 356 g/mol. The summed E-state index contributed by atoms with van der Waals surface area (Å²) in [4.78, 5) is 32.6. The molecule has 0 amide bonds. The molecule has 2 aliphatic heterocycles. The van der Waals surface area contributed by atoms with Gasteiger partial charge in [0.25, 0.3) is 5.56 Å². The zero-order chi connectivity index (χ0) is 17.9. The molecule has 2 aliphatic rings. The van der Waals surface area contributed by atoms with E-state index < -0.39 is 0 Å². The van der Waals surface area contributed by atoms with Gasteiger partial charge in [-0.25, -0.2) is 15.0 Å². The molecule has 2 saturated heterocycles. The van der Waals surface area contributed by atoms with E-state index in [0.29, 0.717) is 24.7 Å². The van der Waals surface area contributed by atoms with Crippen LogP contribution in [0, 0.1) is 6.92 Å². The second kappa shape index (κ2) is 7.51. The molecule has 0 saturated carbocycles. The average Bonchev–Trinajstić information content (AvgIpc) is 3.16. The molecule has 0 spiro atoms. The highest BCUT2D eigenvalue weighted by molar-refractivity contribution is 5.31. The molecule has 1 atom stereocenters. The maximum absolute atomic E-state index is 11.7. The molecule has 4 heterocycles. The Morgan fingerprint density at radius 1 is 1.27 bits per heavy atom. The summed E-state index contributed by atoms with van der Waals surface area (Å²) in [5, 5.41) is 0. The van der Waals surface area contributed by atoms with E-state index in [4.69, 9.17) is 9.72 Å². The molecule has 8 heteroatoms. The highest BCUT2D eigenvalue weighted by Gasteiger charge is 2.25. The van der Waals surface area contributed by atoms with Crippen molar-refractivity contribution in [2.24, 2.45) is 0 Å². The number of rotatable bonds is 4. The molecule has 2 aromatic heterocycles. The normalized spacial score (nSPS) is 21.3. The third kappa shape index (κ3) is 3.91. The summed E-state index contributed by atoms with van der Waals surface area (Å²) in [6.07, 6.45) is 4.03. The molecule has 1 N–H and O–H groups in total. The molecular weight excluding hydrogens is 332 g/mol. The Labute approximate surface area is 152 Å². The van der Waals surface area contributed by atoms with Crippen LogP contribution in [0.1, 0.15) is 36.2 Å². The van der Waals surface area contributed by atoms with Crippen LogP contribution in [0.15, 0.2) is 23.1 Å². The largest absolute Gasteiger partial charge is 0.368 e. The first-order valence-electron chi connectivity index (χ1n) is 9.16. The van der Waals surface area contributed by atoms with Crippen molar-refractivity contribution < 1.29 is 4.74 Å². The van der Waals surface area contributed by atoms with Crippen LogP contribution in [0.5, 0.6) is 0 Å². The molecule has 0 radical (unpaired) electrons. The molecule has 138 valence electrons. The lowest BCUT2D eigenvalue weighted by molar-refractivity contribution is -0.0377. The molecule has 0 aromatic carbocycles. The second-order valence-corrected chi connectivity index (χ2v) is 6.91. The number of H-pyrrole nitrogens is 1. The Morgan fingerprint density at radius 3 is 2.92 bits per heavy atom. The van der Waals surface area contributed by atoms with E-state index in [0.717, 1.165) is 37.8 Å². The van der Waals surface area contributed by atoms with Gasteiger partial charge in [0.2, 0.25) is 5.95 Å². The fourth-order valence-electron chi connectivity index (χ4n) is 3.54. The van der Waals surface area contributed by atoms with Gasteiger partial charge in [-0.2, -0.15) is 0 Å². The molecule has 2 aromatic rings. The van der Waals surface area contributed by atoms with Crippen LogP contribution in [-0.2, 0) is 11.3 Å². The van der Waals surface area contributed by atoms with Crippen molar-refractivity contribution in [2.75, 3.05) is 37.7 Å². The second-order valence-electron chi connectivity index (χ2n) is 6.91. The highest BCUT2D eigenvalue weighted by Crippen LogP contribution is 2.21. The van der Waals surface area contributed by atoms with Crippen LogP contribution < -0.4 is 10.5 Å². The van der Waals surface area contributed by atoms with Gasteiger partial charge < -0.3 is 14.6 Å². The van der Waals surface area contributed by atoms with Crippen LogP contribution in [0.4, 0.5) is 5.95 Å². The van der Waals surface area contributed by atoms with Crippen LogP contribution in [0.3, 0.4) is 0 Å². The lowest BCUT2D eigenvalue weighted by Crippen LogP contribution is -2.39. The van der Waals surface area contributed by atoms with Crippen molar-refractivity contribution in [2.45, 2.75) is 32.4 Å². The number of nitrogens with one attached hydrogen (secondary N) is 1. The summed E-state index contributed by atoms with van der Waals surface area (Å²) >= 11 is 0. The molecule has 26 heavy (non-hydrogen) atoms. The third-order valence-corrected chi connectivity index (χ3v) is 4.82. The molecule has 0 bridgehead atoms. The quantitative estimate of drug-likeness (QED) is 0.876. The van der Waals surface area contributed by atoms with Crippen molar-refractivity contribution >= 4 is 5.95 Å². The van der Waals surface area contributed by atoms with Crippen LogP contribution in [-0.4, -0.2) is 57.6 Å². The molecular formula is C18H24N6O2. The Morgan fingerprint density at radius 2 is 2.12 bits per heavy atom. The minimum absolute atomic E-state index is 0.140. The van der Waals surface area contributed by atoms with E-state index in [-0.39, 0.29) is 11.7 Å². The van der Waals surface area contributed by atoms with E-state index in [1.165, 1.54) is 18.9 Å². The number of aromatic nitrogens is 4. The fourth-order valence-corrected chi connectivity index (χ4v) is 3.54.